The number of rotatable bonds is 3. The summed E-state index contributed by atoms with van der Waals surface area (Å²) in [6.07, 6.45) is 2.35. The molecule has 0 amide bonds. The van der Waals surface area contributed by atoms with Gasteiger partial charge in [-0.2, -0.15) is 16.2 Å². The molecular weight excluding hydrogens is 158 g/mol. The largest absolute Gasteiger partial charge is 0.152 e. The second-order valence-corrected chi connectivity index (χ2v) is 3.72. The summed E-state index contributed by atoms with van der Waals surface area (Å²) in [5.41, 5.74) is 1.10. The molecule has 0 saturated heterocycles. The maximum absolute atomic E-state index is 10.4. The summed E-state index contributed by atoms with van der Waals surface area (Å²) in [5.74, 6) is 0.544. The Morgan fingerprint density at radius 2 is 2.45 bits per heavy atom. The molecule has 1 aromatic rings. The van der Waals surface area contributed by atoms with E-state index in [4.69, 9.17) is 0 Å². The average molecular weight is 167 g/mol. The van der Waals surface area contributed by atoms with E-state index < -0.39 is 0 Å². The van der Waals surface area contributed by atoms with Crippen LogP contribution in [0.4, 0.5) is 0 Å². The van der Waals surface area contributed by atoms with E-state index in [0.717, 1.165) is 5.56 Å². The zero-order valence-electron chi connectivity index (χ0n) is 6.06. The second-order valence-electron chi connectivity index (χ2n) is 2.94. The molecule has 0 bridgehead atoms. The van der Waals surface area contributed by atoms with Crippen molar-refractivity contribution < 1.29 is 0 Å². The molecule has 1 aliphatic rings. The number of nitroso groups, excluding NO2 is 1. The Hall–Kier alpha value is -0.700. The van der Waals surface area contributed by atoms with Crippen molar-refractivity contribution in [2.45, 2.75) is 18.9 Å². The van der Waals surface area contributed by atoms with Crippen molar-refractivity contribution in [1.82, 2.24) is 0 Å². The van der Waals surface area contributed by atoms with Crippen LogP contribution in [0.3, 0.4) is 0 Å². The fraction of sp³-hybridized carbons (Fsp3) is 0.500. The van der Waals surface area contributed by atoms with Crippen LogP contribution in [-0.2, 0) is 0 Å². The number of thiophene rings is 1. The van der Waals surface area contributed by atoms with Crippen LogP contribution < -0.4 is 0 Å². The van der Waals surface area contributed by atoms with Gasteiger partial charge in [-0.1, -0.05) is 5.18 Å². The number of hydrogen-bond acceptors (Lipinski definition) is 3. The van der Waals surface area contributed by atoms with Gasteiger partial charge in [-0.05, 0) is 41.1 Å². The van der Waals surface area contributed by atoms with Crippen molar-refractivity contribution in [2.24, 2.45) is 11.1 Å². The minimum atomic E-state index is -0.0544. The highest BCUT2D eigenvalue weighted by Crippen LogP contribution is 2.43. The van der Waals surface area contributed by atoms with Crippen LogP contribution in [0.2, 0.25) is 0 Å². The fourth-order valence-electron chi connectivity index (χ4n) is 1.27. The predicted molar refractivity (Wildman–Crippen MR) is 45.6 cm³/mol. The van der Waals surface area contributed by atoms with Crippen molar-refractivity contribution in [3.05, 3.63) is 27.3 Å². The third-order valence-electron chi connectivity index (χ3n) is 2.07. The van der Waals surface area contributed by atoms with Gasteiger partial charge in [0.15, 0.2) is 0 Å². The van der Waals surface area contributed by atoms with E-state index in [2.05, 4.69) is 5.18 Å². The second kappa shape index (κ2) is 2.74. The molecule has 0 spiro atoms. The molecule has 1 atom stereocenters. The molecule has 2 rings (SSSR count). The first-order chi connectivity index (χ1) is 5.42. The van der Waals surface area contributed by atoms with Crippen LogP contribution in [0.5, 0.6) is 0 Å². The van der Waals surface area contributed by atoms with Gasteiger partial charge < -0.3 is 0 Å². The first kappa shape index (κ1) is 6.98. The normalized spacial score (nSPS) is 19.6. The van der Waals surface area contributed by atoms with E-state index >= 15 is 0 Å². The Bertz CT molecular complexity index is 241. The fourth-order valence-corrected chi connectivity index (χ4v) is 1.96. The highest BCUT2D eigenvalue weighted by Gasteiger charge is 2.33. The predicted octanol–water partition coefficient (Wildman–Crippen LogP) is 2.97. The summed E-state index contributed by atoms with van der Waals surface area (Å²) >= 11 is 1.63. The lowest BCUT2D eigenvalue weighted by molar-refractivity contribution is 0.633. The first-order valence-corrected chi connectivity index (χ1v) is 4.70. The van der Waals surface area contributed by atoms with Crippen molar-refractivity contribution in [3.8, 4) is 0 Å². The quantitative estimate of drug-likeness (QED) is 0.636. The molecular formula is C8H9NOS. The summed E-state index contributed by atoms with van der Waals surface area (Å²) in [4.78, 5) is 10.4. The monoisotopic (exact) mass is 167 g/mol. The molecule has 1 heterocycles. The highest BCUT2D eigenvalue weighted by atomic mass is 32.1. The lowest BCUT2D eigenvalue weighted by Crippen LogP contribution is -1.93. The first-order valence-electron chi connectivity index (χ1n) is 3.76. The van der Waals surface area contributed by atoms with E-state index in [9.17, 15) is 4.91 Å². The number of hydrogen-bond donors (Lipinski definition) is 0. The molecule has 1 aliphatic carbocycles. The van der Waals surface area contributed by atoms with Crippen molar-refractivity contribution in [3.63, 3.8) is 0 Å². The standard InChI is InChI=1S/C8H9NOS/c10-9-8(6-1-2-6)7-3-4-11-5-7/h3-6,8H,1-2H2. The third-order valence-corrected chi connectivity index (χ3v) is 2.77. The van der Waals surface area contributed by atoms with Gasteiger partial charge >= 0.3 is 0 Å². The van der Waals surface area contributed by atoms with E-state index in [1.807, 2.05) is 16.8 Å². The Labute approximate surface area is 69.2 Å². The van der Waals surface area contributed by atoms with Gasteiger partial charge in [0.25, 0.3) is 0 Å². The third kappa shape index (κ3) is 1.33. The zero-order chi connectivity index (χ0) is 7.68. The van der Waals surface area contributed by atoms with Gasteiger partial charge in [0.1, 0.15) is 6.04 Å². The van der Waals surface area contributed by atoms with Gasteiger partial charge in [-0.25, -0.2) is 0 Å². The number of nitrogens with zero attached hydrogens (tertiary/aromatic N) is 1. The molecule has 2 nitrogen and oxygen atoms in total. The van der Waals surface area contributed by atoms with E-state index in [0.29, 0.717) is 5.92 Å². The van der Waals surface area contributed by atoms with Gasteiger partial charge in [-0.3, -0.25) is 0 Å². The lowest BCUT2D eigenvalue weighted by atomic mass is 10.1. The zero-order valence-corrected chi connectivity index (χ0v) is 6.88. The minimum Gasteiger partial charge on any atom is -0.152 e. The van der Waals surface area contributed by atoms with Gasteiger partial charge in [0.2, 0.25) is 0 Å². The van der Waals surface area contributed by atoms with E-state index in [1.54, 1.807) is 11.3 Å². The van der Waals surface area contributed by atoms with Crippen LogP contribution in [0.25, 0.3) is 0 Å². The molecule has 3 heteroatoms. The maximum Gasteiger partial charge on any atom is 0.120 e. The summed E-state index contributed by atoms with van der Waals surface area (Å²) in [6.45, 7) is 0. The van der Waals surface area contributed by atoms with E-state index in [-0.39, 0.29) is 6.04 Å². The van der Waals surface area contributed by atoms with Crippen LogP contribution in [0.15, 0.2) is 22.0 Å². The molecule has 1 saturated carbocycles. The highest BCUT2D eigenvalue weighted by molar-refractivity contribution is 7.07. The Morgan fingerprint density at radius 3 is 2.91 bits per heavy atom. The Morgan fingerprint density at radius 1 is 1.64 bits per heavy atom. The average Bonchev–Trinajstić information content (AvgIpc) is 2.68. The Balaban J connectivity index is 2.17. The molecule has 0 aromatic carbocycles. The van der Waals surface area contributed by atoms with Crippen LogP contribution in [0.1, 0.15) is 24.4 Å². The van der Waals surface area contributed by atoms with Gasteiger partial charge in [-0.15, -0.1) is 0 Å². The molecule has 1 aromatic heterocycles. The SMILES string of the molecule is O=NC(c1ccsc1)C1CC1. The molecule has 58 valence electrons. The molecule has 1 fully saturated rings. The topological polar surface area (TPSA) is 29.4 Å². The summed E-state index contributed by atoms with van der Waals surface area (Å²) < 4.78 is 0. The minimum absolute atomic E-state index is 0.0544. The van der Waals surface area contributed by atoms with Crippen LogP contribution in [0, 0.1) is 10.8 Å². The van der Waals surface area contributed by atoms with Crippen LogP contribution >= 0.6 is 11.3 Å². The van der Waals surface area contributed by atoms with Crippen molar-refractivity contribution >= 4 is 11.3 Å². The smallest absolute Gasteiger partial charge is 0.120 e. The molecule has 1 unspecified atom stereocenters. The summed E-state index contributed by atoms with van der Waals surface area (Å²) in [5, 5.41) is 7.16. The lowest BCUT2D eigenvalue weighted by Gasteiger charge is -2.02. The van der Waals surface area contributed by atoms with Crippen molar-refractivity contribution in [2.75, 3.05) is 0 Å². The molecule has 0 N–H and O–H groups in total. The van der Waals surface area contributed by atoms with Gasteiger partial charge in [0, 0.05) is 0 Å². The molecule has 0 aliphatic heterocycles. The Kier molecular flexibility index (Phi) is 1.74. The molecule has 0 radical (unpaired) electrons. The van der Waals surface area contributed by atoms with Crippen LogP contribution in [-0.4, -0.2) is 0 Å². The summed E-state index contributed by atoms with van der Waals surface area (Å²) in [7, 11) is 0. The maximum atomic E-state index is 10.4. The van der Waals surface area contributed by atoms with Crippen molar-refractivity contribution in [1.29, 1.82) is 0 Å². The van der Waals surface area contributed by atoms with E-state index in [1.165, 1.54) is 12.8 Å². The molecule has 11 heavy (non-hydrogen) atoms. The van der Waals surface area contributed by atoms with Gasteiger partial charge in [0.05, 0.1) is 0 Å². The summed E-state index contributed by atoms with van der Waals surface area (Å²) in [6, 6.07) is 1.94.